The normalized spacial score (nSPS) is 18.9. The van der Waals surface area contributed by atoms with Gasteiger partial charge in [0.15, 0.2) is 0 Å². The van der Waals surface area contributed by atoms with E-state index in [0.29, 0.717) is 5.41 Å². The lowest BCUT2D eigenvalue weighted by molar-refractivity contribution is 0.107. The summed E-state index contributed by atoms with van der Waals surface area (Å²) in [5.74, 6) is 1.95. The van der Waals surface area contributed by atoms with Crippen LogP contribution in [0.4, 0.5) is 0 Å². The number of rotatable bonds is 4. The number of hydrogen-bond acceptors (Lipinski definition) is 3. The van der Waals surface area contributed by atoms with Gasteiger partial charge in [-0.3, -0.25) is 4.90 Å². The first kappa shape index (κ1) is 14.6. The van der Waals surface area contributed by atoms with Crippen molar-refractivity contribution >= 4 is 0 Å². The average Bonchev–Trinajstić information content (AvgIpc) is 2.77. The lowest BCUT2D eigenvalue weighted by atomic mass is 9.75. The molecule has 3 nitrogen and oxygen atoms in total. The Kier molecular flexibility index (Phi) is 4.69. The van der Waals surface area contributed by atoms with Crippen LogP contribution in [0.25, 0.3) is 0 Å². The molecule has 2 heterocycles. The number of furan rings is 1. The molecule has 0 radical (unpaired) electrons. The molecule has 1 aliphatic heterocycles. The molecule has 1 aliphatic rings. The standard InChI is InChI=1S/C16H28N2O/c1-16(2,3)14-5-8-18(9-6-14)12-13-7-10-19-15(13)11-17-4/h7,10,14,17H,5-6,8-9,11-12H2,1-4H3. The van der Waals surface area contributed by atoms with Crippen LogP contribution in [0.5, 0.6) is 0 Å². The Morgan fingerprint density at radius 1 is 1.32 bits per heavy atom. The number of hydrogen-bond donors (Lipinski definition) is 1. The molecule has 0 aliphatic carbocycles. The maximum atomic E-state index is 5.53. The first-order valence-electron chi connectivity index (χ1n) is 7.43. The molecule has 0 unspecified atom stereocenters. The van der Waals surface area contributed by atoms with Gasteiger partial charge in [0.2, 0.25) is 0 Å². The van der Waals surface area contributed by atoms with Crippen molar-refractivity contribution in [3.05, 3.63) is 23.7 Å². The minimum atomic E-state index is 0.457. The molecule has 0 bridgehead atoms. The van der Waals surface area contributed by atoms with E-state index in [1.54, 1.807) is 0 Å². The summed E-state index contributed by atoms with van der Waals surface area (Å²) < 4.78 is 5.53. The van der Waals surface area contributed by atoms with Crippen molar-refractivity contribution in [3.8, 4) is 0 Å². The quantitative estimate of drug-likeness (QED) is 0.905. The van der Waals surface area contributed by atoms with E-state index >= 15 is 0 Å². The van der Waals surface area contributed by atoms with Gasteiger partial charge in [0.1, 0.15) is 5.76 Å². The van der Waals surface area contributed by atoms with Crippen LogP contribution < -0.4 is 5.32 Å². The zero-order chi connectivity index (χ0) is 13.9. The van der Waals surface area contributed by atoms with Crippen LogP contribution in [0.2, 0.25) is 0 Å². The van der Waals surface area contributed by atoms with Gasteiger partial charge >= 0.3 is 0 Å². The van der Waals surface area contributed by atoms with Crippen LogP contribution in [0.1, 0.15) is 44.9 Å². The van der Waals surface area contributed by atoms with E-state index in [-0.39, 0.29) is 0 Å². The van der Waals surface area contributed by atoms with E-state index in [9.17, 15) is 0 Å². The van der Waals surface area contributed by atoms with Crippen LogP contribution in [-0.2, 0) is 13.1 Å². The maximum Gasteiger partial charge on any atom is 0.122 e. The lowest BCUT2D eigenvalue weighted by Crippen LogP contribution is -2.37. The molecule has 3 heteroatoms. The van der Waals surface area contributed by atoms with E-state index in [1.807, 2.05) is 13.3 Å². The molecule has 19 heavy (non-hydrogen) atoms. The van der Waals surface area contributed by atoms with Crippen molar-refractivity contribution in [2.75, 3.05) is 20.1 Å². The molecule has 0 aromatic carbocycles. The third-order valence-corrected chi connectivity index (χ3v) is 4.38. The Bertz CT molecular complexity index is 384. The van der Waals surface area contributed by atoms with E-state index in [1.165, 1.54) is 31.5 Å². The minimum absolute atomic E-state index is 0.457. The maximum absolute atomic E-state index is 5.53. The lowest BCUT2D eigenvalue weighted by Gasteiger charge is -2.38. The summed E-state index contributed by atoms with van der Waals surface area (Å²) in [6.07, 6.45) is 4.45. The van der Waals surface area contributed by atoms with Gasteiger partial charge in [0.25, 0.3) is 0 Å². The van der Waals surface area contributed by atoms with Crippen LogP contribution in [-0.4, -0.2) is 25.0 Å². The zero-order valence-corrected chi connectivity index (χ0v) is 12.8. The highest BCUT2D eigenvalue weighted by Crippen LogP contribution is 2.34. The number of nitrogens with zero attached hydrogens (tertiary/aromatic N) is 1. The summed E-state index contributed by atoms with van der Waals surface area (Å²) in [5, 5.41) is 3.16. The fourth-order valence-electron chi connectivity index (χ4n) is 3.02. The molecule has 1 saturated heterocycles. The molecule has 1 aromatic rings. The van der Waals surface area contributed by atoms with Crippen LogP contribution in [0, 0.1) is 11.3 Å². The molecular formula is C16H28N2O. The summed E-state index contributed by atoms with van der Waals surface area (Å²) in [6, 6.07) is 2.11. The Balaban J connectivity index is 1.87. The van der Waals surface area contributed by atoms with E-state index in [0.717, 1.165) is 24.8 Å². The summed E-state index contributed by atoms with van der Waals surface area (Å²) in [6.45, 7) is 11.4. The summed E-state index contributed by atoms with van der Waals surface area (Å²) >= 11 is 0. The van der Waals surface area contributed by atoms with Crippen molar-refractivity contribution in [2.24, 2.45) is 11.3 Å². The van der Waals surface area contributed by atoms with E-state index in [4.69, 9.17) is 4.42 Å². The van der Waals surface area contributed by atoms with Gasteiger partial charge in [0.05, 0.1) is 12.8 Å². The minimum Gasteiger partial charge on any atom is -0.468 e. The molecule has 0 spiro atoms. The molecule has 0 saturated carbocycles. The van der Waals surface area contributed by atoms with Gasteiger partial charge in [0, 0.05) is 12.1 Å². The van der Waals surface area contributed by atoms with E-state index in [2.05, 4.69) is 37.1 Å². The Labute approximate surface area is 117 Å². The first-order chi connectivity index (χ1) is 9.00. The smallest absolute Gasteiger partial charge is 0.122 e. The molecule has 1 N–H and O–H groups in total. The van der Waals surface area contributed by atoms with E-state index < -0.39 is 0 Å². The summed E-state index contributed by atoms with van der Waals surface area (Å²) in [7, 11) is 1.96. The molecule has 108 valence electrons. The molecule has 1 aromatic heterocycles. The van der Waals surface area contributed by atoms with Gasteiger partial charge in [-0.15, -0.1) is 0 Å². The highest BCUT2D eigenvalue weighted by atomic mass is 16.3. The first-order valence-corrected chi connectivity index (χ1v) is 7.43. The molecule has 0 amide bonds. The number of likely N-dealkylation sites (tertiary alicyclic amines) is 1. The topological polar surface area (TPSA) is 28.4 Å². The fourth-order valence-corrected chi connectivity index (χ4v) is 3.02. The highest BCUT2D eigenvalue weighted by Gasteiger charge is 2.28. The second kappa shape index (κ2) is 6.10. The third-order valence-electron chi connectivity index (χ3n) is 4.38. The molecular weight excluding hydrogens is 236 g/mol. The second-order valence-corrected chi connectivity index (χ2v) is 6.82. The highest BCUT2D eigenvalue weighted by molar-refractivity contribution is 5.16. The summed E-state index contributed by atoms with van der Waals surface area (Å²) in [5.41, 5.74) is 1.79. The monoisotopic (exact) mass is 264 g/mol. The van der Waals surface area contributed by atoms with Crippen LogP contribution in [0.3, 0.4) is 0 Å². The predicted octanol–water partition coefficient (Wildman–Crippen LogP) is 3.26. The molecule has 1 fully saturated rings. The Morgan fingerprint density at radius 2 is 2.00 bits per heavy atom. The van der Waals surface area contributed by atoms with Crippen molar-refractivity contribution in [1.82, 2.24) is 10.2 Å². The fraction of sp³-hybridized carbons (Fsp3) is 0.750. The van der Waals surface area contributed by atoms with Crippen LogP contribution in [0.15, 0.2) is 16.7 Å². The predicted molar refractivity (Wildman–Crippen MR) is 78.9 cm³/mol. The van der Waals surface area contributed by atoms with Gasteiger partial charge in [-0.05, 0) is 50.4 Å². The SMILES string of the molecule is CNCc1occc1CN1CCC(C(C)(C)C)CC1. The van der Waals surface area contributed by atoms with Gasteiger partial charge in [-0.25, -0.2) is 0 Å². The Morgan fingerprint density at radius 3 is 2.58 bits per heavy atom. The van der Waals surface area contributed by atoms with Gasteiger partial charge < -0.3 is 9.73 Å². The molecule has 2 rings (SSSR count). The zero-order valence-electron chi connectivity index (χ0n) is 12.8. The summed E-state index contributed by atoms with van der Waals surface area (Å²) in [4.78, 5) is 2.56. The largest absolute Gasteiger partial charge is 0.468 e. The van der Waals surface area contributed by atoms with Crippen molar-refractivity contribution in [3.63, 3.8) is 0 Å². The third kappa shape index (κ3) is 3.83. The van der Waals surface area contributed by atoms with Crippen molar-refractivity contribution in [1.29, 1.82) is 0 Å². The molecule has 0 atom stereocenters. The van der Waals surface area contributed by atoms with Crippen molar-refractivity contribution < 1.29 is 4.42 Å². The van der Waals surface area contributed by atoms with Gasteiger partial charge in [-0.2, -0.15) is 0 Å². The van der Waals surface area contributed by atoms with Crippen molar-refractivity contribution in [2.45, 2.75) is 46.7 Å². The number of piperidine rings is 1. The van der Waals surface area contributed by atoms with Crippen LogP contribution >= 0.6 is 0 Å². The number of nitrogens with one attached hydrogen (secondary N) is 1. The van der Waals surface area contributed by atoms with Gasteiger partial charge in [-0.1, -0.05) is 20.8 Å². The Hall–Kier alpha value is -0.800. The second-order valence-electron chi connectivity index (χ2n) is 6.82. The average molecular weight is 264 g/mol.